The van der Waals surface area contributed by atoms with Crippen LogP contribution in [-0.2, 0) is 4.79 Å². The van der Waals surface area contributed by atoms with Gasteiger partial charge < -0.3 is 14.5 Å². The smallest absolute Gasteiger partial charge is 0.415 e. The molecule has 1 aromatic heterocycles. The maximum Gasteiger partial charge on any atom is 0.415 e. The molecule has 0 saturated carbocycles. The molecule has 0 atom stereocenters. The second kappa shape index (κ2) is 7.23. The molecule has 1 N–H and O–H groups in total. The molecular weight excluding hydrogens is 409 g/mol. The number of carbonyl (C=O) groups is 1. The van der Waals surface area contributed by atoms with Gasteiger partial charge in [-0.25, -0.2) is 0 Å². The first-order valence-electron chi connectivity index (χ1n) is 6.78. The number of amides is 1. The summed E-state index contributed by atoms with van der Waals surface area (Å²) in [5, 5.41) is 10.4. The lowest BCUT2D eigenvalue weighted by atomic mass is 10.2. The molecule has 0 radical (unpaired) electrons. The molecule has 7 heteroatoms. The van der Waals surface area contributed by atoms with E-state index < -0.39 is 0 Å². The number of carbonyl (C=O) groups excluding carboxylic acids is 1. The summed E-state index contributed by atoms with van der Waals surface area (Å²) >= 11 is 2.15. The van der Waals surface area contributed by atoms with Gasteiger partial charge in [0.25, 0.3) is 11.8 Å². The van der Waals surface area contributed by atoms with Crippen LogP contribution < -0.4 is 10.1 Å². The Labute approximate surface area is 146 Å². The van der Waals surface area contributed by atoms with Gasteiger partial charge in [0.05, 0.1) is 5.69 Å². The van der Waals surface area contributed by atoms with Gasteiger partial charge in [0.15, 0.2) is 6.61 Å². The number of aromatic nitrogens is 2. The third-order valence-electron chi connectivity index (χ3n) is 2.90. The normalized spacial score (nSPS) is 10.3. The molecule has 23 heavy (non-hydrogen) atoms. The summed E-state index contributed by atoms with van der Waals surface area (Å²) in [5.74, 6) is 0.0483. The molecule has 1 heterocycles. The molecule has 0 aliphatic rings. The minimum Gasteiger partial charge on any atom is -0.439 e. The molecule has 0 aliphatic heterocycles. The largest absolute Gasteiger partial charge is 0.439 e. The van der Waals surface area contributed by atoms with Crippen molar-refractivity contribution in [2.75, 3.05) is 11.9 Å². The van der Waals surface area contributed by atoms with E-state index >= 15 is 0 Å². The highest BCUT2D eigenvalue weighted by molar-refractivity contribution is 14.1. The third kappa shape index (κ3) is 4.07. The fourth-order valence-electron chi connectivity index (χ4n) is 1.84. The summed E-state index contributed by atoms with van der Waals surface area (Å²) in [5.41, 5.74) is 1.52. The number of nitrogens with zero attached hydrogens (tertiary/aromatic N) is 2. The zero-order valence-electron chi connectivity index (χ0n) is 11.9. The number of rotatable bonds is 5. The van der Waals surface area contributed by atoms with Gasteiger partial charge in [-0.05, 0) is 46.9 Å². The second-order valence-electron chi connectivity index (χ2n) is 4.56. The molecule has 0 fully saturated rings. The Balaban J connectivity index is 1.58. The van der Waals surface area contributed by atoms with E-state index in [1.165, 1.54) is 0 Å². The highest BCUT2D eigenvalue weighted by Crippen LogP contribution is 2.20. The van der Waals surface area contributed by atoms with Gasteiger partial charge in [-0.2, -0.15) is 0 Å². The third-order valence-corrected chi connectivity index (χ3v) is 3.84. The fraction of sp³-hybridized carbons (Fsp3) is 0.0625. The number of hydrogen-bond acceptors (Lipinski definition) is 5. The van der Waals surface area contributed by atoms with Crippen molar-refractivity contribution >= 4 is 34.2 Å². The van der Waals surface area contributed by atoms with Crippen LogP contribution in [0, 0.1) is 3.57 Å². The first-order chi connectivity index (χ1) is 11.2. The second-order valence-corrected chi connectivity index (χ2v) is 5.72. The van der Waals surface area contributed by atoms with Crippen molar-refractivity contribution in [3.05, 3.63) is 58.2 Å². The van der Waals surface area contributed by atoms with Gasteiger partial charge >= 0.3 is 6.08 Å². The van der Waals surface area contributed by atoms with E-state index in [1.807, 2.05) is 54.6 Å². The molecule has 1 amide bonds. The Morgan fingerprint density at radius 3 is 2.61 bits per heavy atom. The number of nitrogens with one attached hydrogen (secondary N) is 1. The van der Waals surface area contributed by atoms with E-state index in [4.69, 9.17) is 9.15 Å². The summed E-state index contributed by atoms with van der Waals surface area (Å²) in [7, 11) is 0. The molecule has 3 aromatic rings. The van der Waals surface area contributed by atoms with E-state index in [0.29, 0.717) is 5.89 Å². The van der Waals surface area contributed by atoms with Crippen molar-refractivity contribution in [2.24, 2.45) is 0 Å². The van der Waals surface area contributed by atoms with E-state index in [-0.39, 0.29) is 18.6 Å². The van der Waals surface area contributed by atoms with Crippen LogP contribution in [0.15, 0.2) is 59.0 Å². The van der Waals surface area contributed by atoms with Gasteiger partial charge in [-0.15, -0.1) is 5.10 Å². The molecule has 0 unspecified atom stereocenters. The Hall–Kier alpha value is -2.42. The lowest BCUT2D eigenvalue weighted by Gasteiger charge is -2.06. The monoisotopic (exact) mass is 421 g/mol. The summed E-state index contributed by atoms with van der Waals surface area (Å²) in [6.45, 7) is -0.207. The molecule has 116 valence electrons. The number of ether oxygens (including phenoxy) is 1. The Bertz CT molecular complexity index is 805. The number of halogens is 1. The van der Waals surface area contributed by atoms with E-state index in [1.54, 1.807) is 0 Å². The van der Waals surface area contributed by atoms with Gasteiger partial charge in [0, 0.05) is 9.13 Å². The molecule has 2 aromatic carbocycles. The quantitative estimate of drug-likeness (QED) is 0.640. The lowest BCUT2D eigenvalue weighted by molar-refractivity contribution is -0.118. The zero-order valence-corrected chi connectivity index (χ0v) is 14.1. The molecule has 3 rings (SSSR count). The van der Waals surface area contributed by atoms with Crippen LogP contribution in [0.5, 0.6) is 6.08 Å². The van der Waals surface area contributed by atoms with Crippen molar-refractivity contribution in [1.29, 1.82) is 0 Å². The molecular formula is C16H12IN3O3. The predicted molar refractivity (Wildman–Crippen MR) is 93.0 cm³/mol. The first kappa shape index (κ1) is 15.5. The molecule has 0 bridgehead atoms. The number of para-hydroxylation sites is 1. The molecule has 6 nitrogen and oxygen atoms in total. The van der Waals surface area contributed by atoms with Crippen LogP contribution in [0.25, 0.3) is 11.5 Å². The Morgan fingerprint density at radius 2 is 1.83 bits per heavy atom. The van der Waals surface area contributed by atoms with Crippen LogP contribution in [0.4, 0.5) is 5.69 Å². The number of anilines is 1. The van der Waals surface area contributed by atoms with Crippen molar-refractivity contribution in [1.82, 2.24) is 10.2 Å². The minimum absolute atomic E-state index is 0.0400. The average Bonchev–Trinajstić information content (AvgIpc) is 3.05. The Kier molecular flexibility index (Phi) is 4.86. The summed E-state index contributed by atoms with van der Waals surface area (Å²) < 4.78 is 11.5. The SMILES string of the molecule is O=C(COc1nnc(-c2ccccc2)o1)Nc1ccccc1I. The van der Waals surface area contributed by atoms with Gasteiger partial charge in [-0.3, -0.25) is 4.79 Å². The molecule has 0 aliphatic carbocycles. The maximum atomic E-state index is 11.9. The van der Waals surface area contributed by atoms with Gasteiger partial charge in [0.2, 0.25) is 0 Å². The lowest BCUT2D eigenvalue weighted by Crippen LogP contribution is -2.20. The summed E-state index contributed by atoms with van der Waals surface area (Å²) in [6.07, 6.45) is -0.0400. The standard InChI is InChI=1S/C16H12IN3O3/c17-12-8-4-5-9-13(12)18-14(21)10-22-16-20-19-15(23-16)11-6-2-1-3-7-11/h1-9H,10H2,(H,18,21). The molecule has 0 saturated heterocycles. The number of benzene rings is 2. The average molecular weight is 421 g/mol. The summed E-state index contributed by atoms with van der Waals surface area (Å²) in [4.78, 5) is 11.9. The van der Waals surface area contributed by atoms with E-state index in [0.717, 1.165) is 14.8 Å². The predicted octanol–water partition coefficient (Wildman–Crippen LogP) is 3.36. The topological polar surface area (TPSA) is 77.2 Å². The highest BCUT2D eigenvalue weighted by Gasteiger charge is 2.11. The van der Waals surface area contributed by atoms with Crippen molar-refractivity contribution in [3.63, 3.8) is 0 Å². The van der Waals surface area contributed by atoms with Crippen molar-refractivity contribution in [3.8, 4) is 17.5 Å². The number of hydrogen-bond donors (Lipinski definition) is 1. The fourth-order valence-corrected chi connectivity index (χ4v) is 2.36. The Morgan fingerprint density at radius 1 is 1.09 bits per heavy atom. The highest BCUT2D eigenvalue weighted by atomic mass is 127. The zero-order chi connectivity index (χ0) is 16.1. The van der Waals surface area contributed by atoms with E-state index in [9.17, 15) is 4.79 Å². The molecule has 0 spiro atoms. The van der Waals surface area contributed by atoms with Crippen LogP contribution >= 0.6 is 22.6 Å². The maximum absolute atomic E-state index is 11.9. The van der Waals surface area contributed by atoms with Crippen LogP contribution in [-0.4, -0.2) is 22.7 Å². The first-order valence-corrected chi connectivity index (χ1v) is 7.86. The van der Waals surface area contributed by atoms with Crippen molar-refractivity contribution in [2.45, 2.75) is 0 Å². The van der Waals surface area contributed by atoms with E-state index in [2.05, 4.69) is 38.1 Å². The van der Waals surface area contributed by atoms with Crippen LogP contribution in [0.3, 0.4) is 0 Å². The van der Waals surface area contributed by atoms with Gasteiger partial charge in [0.1, 0.15) is 0 Å². The van der Waals surface area contributed by atoms with Crippen molar-refractivity contribution < 1.29 is 13.9 Å². The van der Waals surface area contributed by atoms with Crippen LogP contribution in [0.2, 0.25) is 0 Å². The minimum atomic E-state index is -0.298. The summed E-state index contributed by atoms with van der Waals surface area (Å²) in [6, 6.07) is 16.8. The van der Waals surface area contributed by atoms with Gasteiger partial charge in [-0.1, -0.05) is 35.4 Å². The van der Waals surface area contributed by atoms with Crippen LogP contribution in [0.1, 0.15) is 0 Å².